The second kappa shape index (κ2) is 6.86. The molecule has 0 aromatic carbocycles. The lowest BCUT2D eigenvalue weighted by molar-refractivity contribution is -0.123. The van der Waals surface area contributed by atoms with Gasteiger partial charge in [-0.2, -0.15) is 5.26 Å². The zero-order valence-electron chi connectivity index (χ0n) is 10.5. The van der Waals surface area contributed by atoms with Crippen LogP contribution in [0, 0.1) is 16.7 Å². The van der Waals surface area contributed by atoms with Crippen LogP contribution in [-0.2, 0) is 4.79 Å². The number of carbonyl (C=O) groups excluding carboxylic acids is 1. The topological polar surface area (TPSA) is 65.8 Å². The third kappa shape index (κ3) is 3.53. The summed E-state index contributed by atoms with van der Waals surface area (Å²) in [5, 5.41) is 12.6. The van der Waals surface area contributed by atoms with Crippen molar-refractivity contribution >= 4 is 38.3 Å². The van der Waals surface area contributed by atoms with Crippen LogP contribution in [0.2, 0.25) is 0 Å². The van der Waals surface area contributed by atoms with Crippen molar-refractivity contribution in [2.24, 2.45) is 5.41 Å². The fraction of sp³-hybridized carbons (Fsp3) is 0.583. The Morgan fingerprint density at radius 1 is 1.56 bits per heavy atom. The van der Waals surface area contributed by atoms with Gasteiger partial charge in [-0.15, -0.1) is 0 Å². The normalized spacial score (nSPS) is 11.0. The van der Waals surface area contributed by atoms with Gasteiger partial charge in [0.15, 0.2) is 5.13 Å². The van der Waals surface area contributed by atoms with Crippen molar-refractivity contribution in [2.45, 2.75) is 39.5 Å². The molecule has 1 N–H and O–H groups in total. The number of carbonyl (C=O) groups is 1. The van der Waals surface area contributed by atoms with Crippen molar-refractivity contribution in [3.63, 3.8) is 0 Å². The SMILES string of the molecule is CCCC(C#N)(CCC)C(=O)Nc1ncc(Br)s1. The van der Waals surface area contributed by atoms with Crippen LogP contribution in [0.5, 0.6) is 0 Å². The lowest BCUT2D eigenvalue weighted by Gasteiger charge is -2.23. The summed E-state index contributed by atoms with van der Waals surface area (Å²) < 4.78 is 0.853. The van der Waals surface area contributed by atoms with Crippen LogP contribution in [0.15, 0.2) is 9.98 Å². The molecule has 0 bridgehead atoms. The summed E-state index contributed by atoms with van der Waals surface area (Å²) in [5.74, 6) is -0.240. The zero-order chi connectivity index (χ0) is 13.6. The number of amides is 1. The largest absolute Gasteiger partial charge is 0.301 e. The standard InChI is InChI=1S/C12H16BrN3OS/c1-3-5-12(8-14,6-4-2)10(17)16-11-15-7-9(13)18-11/h7H,3-6H2,1-2H3,(H,15,16,17). The first-order valence-electron chi connectivity index (χ1n) is 5.92. The highest BCUT2D eigenvalue weighted by atomic mass is 79.9. The molecule has 1 aromatic rings. The third-order valence-electron chi connectivity index (χ3n) is 2.70. The fourth-order valence-corrected chi connectivity index (χ4v) is 3.00. The summed E-state index contributed by atoms with van der Waals surface area (Å²) in [6.07, 6.45) is 4.41. The van der Waals surface area contributed by atoms with Gasteiger partial charge in [-0.3, -0.25) is 4.79 Å². The van der Waals surface area contributed by atoms with E-state index < -0.39 is 5.41 Å². The molecular formula is C12H16BrN3OS. The summed E-state index contributed by atoms with van der Waals surface area (Å²) in [6, 6.07) is 2.20. The lowest BCUT2D eigenvalue weighted by atomic mass is 9.80. The number of nitrogens with zero attached hydrogens (tertiary/aromatic N) is 2. The maximum absolute atomic E-state index is 12.3. The Hall–Kier alpha value is -0.930. The molecule has 0 saturated heterocycles. The molecule has 0 fully saturated rings. The van der Waals surface area contributed by atoms with E-state index >= 15 is 0 Å². The van der Waals surface area contributed by atoms with E-state index in [1.54, 1.807) is 6.20 Å². The first-order valence-corrected chi connectivity index (χ1v) is 7.53. The Bertz CT molecular complexity index is 446. The lowest BCUT2D eigenvalue weighted by Crippen LogP contribution is -2.35. The van der Waals surface area contributed by atoms with Crippen LogP contribution in [0.4, 0.5) is 5.13 Å². The Balaban J connectivity index is 2.85. The molecule has 0 atom stereocenters. The van der Waals surface area contributed by atoms with Crippen molar-refractivity contribution in [1.29, 1.82) is 5.26 Å². The number of hydrogen-bond acceptors (Lipinski definition) is 4. The highest BCUT2D eigenvalue weighted by molar-refractivity contribution is 9.11. The molecule has 0 aliphatic heterocycles. The van der Waals surface area contributed by atoms with Crippen LogP contribution >= 0.6 is 27.3 Å². The van der Waals surface area contributed by atoms with E-state index in [1.807, 2.05) is 13.8 Å². The van der Waals surface area contributed by atoms with Gasteiger partial charge in [0, 0.05) is 0 Å². The molecule has 0 radical (unpaired) electrons. The molecule has 4 nitrogen and oxygen atoms in total. The number of hydrogen-bond donors (Lipinski definition) is 1. The minimum Gasteiger partial charge on any atom is -0.301 e. The maximum Gasteiger partial charge on any atom is 0.246 e. The smallest absolute Gasteiger partial charge is 0.246 e. The van der Waals surface area contributed by atoms with Crippen molar-refractivity contribution in [2.75, 3.05) is 5.32 Å². The number of aromatic nitrogens is 1. The van der Waals surface area contributed by atoms with Crippen LogP contribution in [0.1, 0.15) is 39.5 Å². The number of halogens is 1. The van der Waals surface area contributed by atoms with Gasteiger partial charge in [0.2, 0.25) is 5.91 Å². The van der Waals surface area contributed by atoms with Crippen molar-refractivity contribution < 1.29 is 4.79 Å². The highest BCUT2D eigenvalue weighted by Gasteiger charge is 2.37. The van der Waals surface area contributed by atoms with Crippen LogP contribution in [0.3, 0.4) is 0 Å². The molecule has 0 aliphatic carbocycles. The Labute approximate surface area is 120 Å². The molecule has 0 unspecified atom stereocenters. The van der Waals surface area contributed by atoms with Gasteiger partial charge in [0.1, 0.15) is 5.41 Å². The molecule has 0 aliphatic rings. The number of nitrogens with one attached hydrogen (secondary N) is 1. The third-order valence-corrected chi connectivity index (χ3v) is 4.09. The van der Waals surface area contributed by atoms with Gasteiger partial charge < -0.3 is 5.32 Å². The predicted molar refractivity (Wildman–Crippen MR) is 76.3 cm³/mol. The maximum atomic E-state index is 12.3. The monoisotopic (exact) mass is 329 g/mol. The van der Waals surface area contributed by atoms with E-state index in [1.165, 1.54) is 11.3 Å². The van der Waals surface area contributed by atoms with Gasteiger partial charge >= 0.3 is 0 Å². The Kier molecular flexibility index (Phi) is 5.76. The first-order chi connectivity index (χ1) is 8.57. The van der Waals surface area contributed by atoms with Gasteiger partial charge in [0.05, 0.1) is 16.1 Å². The van der Waals surface area contributed by atoms with E-state index in [0.717, 1.165) is 16.6 Å². The molecule has 6 heteroatoms. The number of anilines is 1. The van der Waals surface area contributed by atoms with Gasteiger partial charge in [-0.25, -0.2) is 4.98 Å². The minimum atomic E-state index is -0.929. The molecular weight excluding hydrogens is 314 g/mol. The average Bonchev–Trinajstić information content (AvgIpc) is 2.74. The van der Waals surface area contributed by atoms with Gasteiger partial charge in [0.25, 0.3) is 0 Å². The summed E-state index contributed by atoms with van der Waals surface area (Å²) in [5.41, 5.74) is -0.929. The Morgan fingerprint density at radius 2 is 2.17 bits per heavy atom. The molecule has 18 heavy (non-hydrogen) atoms. The molecule has 1 amide bonds. The molecule has 0 spiro atoms. The molecule has 98 valence electrons. The van der Waals surface area contributed by atoms with Crippen molar-refractivity contribution in [1.82, 2.24) is 4.98 Å². The minimum absolute atomic E-state index is 0.240. The van der Waals surface area contributed by atoms with Gasteiger partial charge in [-0.1, -0.05) is 38.0 Å². The zero-order valence-corrected chi connectivity index (χ0v) is 12.9. The average molecular weight is 330 g/mol. The summed E-state index contributed by atoms with van der Waals surface area (Å²) >= 11 is 4.63. The second-order valence-corrected chi connectivity index (χ2v) is 6.53. The second-order valence-electron chi connectivity index (χ2n) is 4.12. The fourth-order valence-electron chi connectivity index (χ4n) is 1.90. The number of nitriles is 1. The summed E-state index contributed by atoms with van der Waals surface area (Å²) in [7, 11) is 0. The van der Waals surface area contributed by atoms with E-state index in [2.05, 4.69) is 32.3 Å². The first kappa shape index (κ1) is 15.1. The van der Waals surface area contributed by atoms with E-state index in [4.69, 9.17) is 0 Å². The molecule has 0 saturated carbocycles. The predicted octanol–water partition coefficient (Wildman–Crippen LogP) is 3.95. The number of thiazole rings is 1. The van der Waals surface area contributed by atoms with E-state index in [9.17, 15) is 10.1 Å². The van der Waals surface area contributed by atoms with Gasteiger partial charge in [-0.05, 0) is 28.8 Å². The molecule has 1 aromatic heterocycles. The van der Waals surface area contributed by atoms with Crippen LogP contribution < -0.4 is 5.32 Å². The summed E-state index contributed by atoms with van der Waals surface area (Å²) in [6.45, 7) is 3.96. The Morgan fingerprint density at radius 3 is 2.56 bits per heavy atom. The quantitative estimate of drug-likeness (QED) is 0.859. The summed E-state index contributed by atoms with van der Waals surface area (Å²) in [4.78, 5) is 16.3. The van der Waals surface area contributed by atoms with E-state index in [-0.39, 0.29) is 5.91 Å². The van der Waals surface area contributed by atoms with Crippen LogP contribution in [0.25, 0.3) is 0 Å². The number of rotatable bonds is 6. The van der Waals surface area contributed by atoms with Crippen molar-refractivity contribution in [3.8, 4) is 6.07 Å². The van der Waals surface area contributed by atoms with Crippen molar-refractivity contribution in [3.05, 3.63) is 9.98 Å². The highest BCUT2D eigenvalue weighted by Crippen LogP contribution is 2.32. The molecule has 1 heterocycles. The van der Waals surface area contributed by atoms with Crippen LogP contribution in [-0.4, -0.2) is 10.9 Å². The molecule has 1 rings (SSSR count). The van der Waals surface area contributed by atoms with E-state index in [0.29, 0.717) is 18.0 Å².